The monoisotopic (exact) mass is 380 g/mol. The van der Waals surface area contributed by atoms with Crippen molar-refractivity contribution in [1.29, 1.82) is 0 Å². The van der Waals surface area contributed by atoms with Crippen LogP contribution in [0.3, 0.4) is 0 Å². The summed E-state index contributed by atoms with van der Waals surface area (Å²) in [6.45, 7) is 5.46. The highest BCUT2D eigenvalue weighted by molar-refractivity contribution is 7.99. The average Bonchev–Trinajstić information content (AvgIpc) is 3.07. The number of aryl methyl sites for hydroxylation is 1. The third-order valence-corrected chi connectivity index (χ3v) is 5.83. The van der Waals surface area contributed by atoms with Crippen LogP contribution in [0.1, 0.15) is 55.1 Å². The van der Waals surface area contributed by atoms with E-state index < -0.39 is 0 Å². The van der Waals surface area contributed by atoms with Crippen molar-refractivity contribution in [2.75, 3.05) is 25.9 Å². The van der Waals surface area contributed by atoms with Gasteiger partial charge in [-0.25, -0.2) is 0 Å². The summed E-state index contributed by atoms with van der Waals surface area (Å²) in [7, 11) is 1.80. The molecule has 2 rings (SSSR count). The van der Waals surface area contributed by atoms with Crippen LogP contribution >= 0.6 is 11.8 Å². The minimum atomic E-state index is -0.156. The van der Waals surface area contributed by atoms with E-state index in [-0.39, 0.29) is 5.91 Å². The summed E-state index contributed by atoms with van der Waals surface area (Å²) < 4.78 is 5.19. The van der Waals surface area contributed by atoms with E-state index >= 15 is 0 Å². The van der Waals surface area contributed by atoms with Gasteiger partial charge in [0.1, 0.15) is 0 Å². The number of nitrogens with zero attached hydrogens (tertiary/aromatic N) is 1. The summed E-state index contributed by atoms with van der Waals surface area (Å²) in [5.74, 6) is 2.28. The molecule has 7 heteroatoms. The maximum absolute atomic E-state index is 12.0. The van der Waals surface area contributed by atoms with Gasteiger partial charge in [-0.2, -0.15) is 11.8 Å². The van der Waals surface area contributed by atoms with Crippen molar-refractivity contribution in [3.05, 3.63) is 23.7 Å². The standard InChI is InChI=1S/C19H32N4O2S/c1-4-26-16-8-5-7-15(13-16)23-19(20-3)22-11-6-10-21-18(24)17-14(2)9-12-25-17/h9,12,15-16H,4-8,10-11,13H2,1-3H3,(H,21,24)(H2,20,22,23). The lowest BCUT2D eigenvalue weighted by molar-refractivity contribution is 0.0925. The summed E-state index contributed by atoms with van der Waals surface area (Å²) in [6.07, 6.45) is 7.39. The van der Waals surface area contributed by atoms with E-state index in [1.165, 1.54) is 37.7 Å². The fourth-order valence-electron chi connectivity index (χ4n) is 3.23. The number of guanidine groups is 1. The Morgan fingerprint density at radius 3 is 2.85 bits per heavy atom. The number of aliphatic imine (C=N–C) groups is 1. The summed E-state index contributed by atoms with van der Waals surface area (Å²) in [6, 6.07) is 2.29. The van der Waals surface area contributed by atoms with E-state index in [1.54, 1.807) is 13.1 Å². The van der Waals surface area contributed by atoms with Gasteiger partial charge in [0.15, 0.2) is 11.7 Å². The van der Waals surface area contributed by atoms with Crippen LogP contribution in [0.2, 0.25) is 0 Å². The first-order valence-electron chi connectivity index (χ1n) is 9.55. The molecule has 0 saturated heterocycles. The Balaban J connectivity index is 1.63. The van der Waals surface area contributed by atoms with Crippen LogP contribution in [0.25, 0.3) is 0 Å². The van der Waals surface area contributed by atoms with Crippen LogP contribution in [0.5, 0.6) is 0 Å². The van der Waals surface area contributed by atoms with Gasteiger partial charge >= 0.3 is 0 Å². The topological polar surface area (TPSA) is 78.7 Å². The number of carbonyl (C=O) groups excluding carboxylic acids is 1. The lowest BCUT2D eigenvalue weighted by Gasteiger charge is -2.30. The Labute approximate surface area is 161 Å². The van der Waals surface area contributed by atoms with Gasteiger partial charge in [0.25, 0.3) is 5.91 Å². The van der Waals surface area contributed by atoms with E-state index in [1.807, 2.05) is 6.92 Å². The van der Waals surface area contributed by atoms with Gasteiger partial charge in [0.05, 0.1) is 6.26 Å². The molecule has 0 bridgehead atoms. The molecule has 0 aliphatic heterocycles. The zero-order valence-electron chi connectivity index (χ0n) is 16.1. The Kier molecular flexibility index (Phi) is 8.88. The second-order valence-electron chi connectivity index (χ2n) is 6.63. The van der Waals surface area contributed by atoms with Crippen LogP contribution in [0, 0.1) is 6.92 Å². The van der Waals surface area contributed by atoms with Gasteiger partial charge in [-0.05, 0) is 44.4 Å². The first-order valence-corrected chi connectivity index (χ1v) is 10.6. The lowest BCUT2D eigenvalue weighted by Crippen LogP contribution is -2.46. The summed E-state index contributed by atoms with van der Waals surface area (Å²) in [5, 5.41) is 10.5. The molecule has 0 radical (unpaired) electrons. The van der Waals surface area contributed by atoms with Crippen molar-refractivity contribution in [3.8, 4) is 0 Å². The molecular weight excluding hydrogens is 348 g/mol. The molecule has 2 unspecified atom stereocenters. The molecule has 1 fully saturated rings. The molecule has 146 valence electrons. The minimum absolute atomic E-state index is 0.156. The molecule has 1 amide bonds. The Morgan fingerprint density at radius 1 is 1.35 bits per heavy atom. The number of carbonyl (C=O) groups is 1. The van der Waals surface area contributed by atoms with Gasteiger partial charge < -0.3 is 20.4 Å². The number of rotatable bonds is 8. The predicted molar refractivity (Wildman–Crippen MR) is 109 cm³/mol. The lowest BCUT2D eigenvalue weighted by atomic mass is 9.95. The zero-order chi connectivity index (χ0) is 18.8. The van der Waals surface area contributed by atoms with Gasteiger partial charge in [0, 0.05) is 37.0 Å². The molecule has 1 aliphatic carbocycles. The molecule has 26 heavy (non-hydrogen) atoms. The molecule has 1 saturated carbocycles. The van der Waals surface area contributed by atoms with E-state index in [0.717, 1.165) is 29.7 Å². The normalized spacial score (nSPS) is 20.7. The number of amides is 1. The predicted octanol–water partition coefficient (Wildman–Crippen LogP) is 2.94. The quantitative estimate of drug-likeness (QED) is 0.367. The van der Waals surface area contributed by atoms with E-state index in [2.05, 4.69) is 39.6 Å². The zero-order valence-corrected chi connectivity index (χ0v) is 17.0. The average molecular weight is 381 g/mol. The number of thioether (sulfide) groups is 1. The second kappa shape index (κ2) is 11.2. The minimum Gasteiger partial charge on any atom is -0.459 e. The van der Waals surface area contributed by atoms with E-state index in [0.29, 0.717) is 18.3 Å². The van der Waals surface area contributed by atoms with Crippen molar-refractivity contribution < 1.29 is 9.21 Å². The highest BCUT2D eigenvalue weighted by atomic mass is 32.2. The van der Waals surface area contributed by atoms with Crippen molar-refractivity contribution in [1.82, 2.24) is 16.0 Å². The van der Waals surface area contributed by atoms with Crippen LogP contribution in [0.15, 0.2) is 21.7 Å². The fourth-order valence-corrected chi connectivity index (χ4v) is 4.41. The Hall–Kier alpha value is -1.63. The molecule has 3 N–H and O–H groups in total. The molecule has 6 nitrogen and oxygen atoms in total. The van der Waals surface area contributed by atoms with Crippen molar-refractivity contribution in [2.45, 2.75) is 57.2 Å². The van der Waals surface area contributed by atoms with E-state index in [9.17, 15) is 4.79 Å². The molecule has 1 aromatic rings. The van der Waals surface area contributed by atoms with Crippen LogP contribution in [-0.2, 0) is 0 Å². The van der Waals surface area contributed by atoms with Gasteiger partial charge in [-0.3, -0.25) is 9.79 Å². The van der Waals surface area contributed by atoms with Gasteiger partial charge in [-0.15, -0.1) is 0 Å². The maximum Gasteiger partial charge on any atom is 0.287 e. The molecule has 2 atom stereocenters. The second-order valence-corrected chi connectivity index (χ2v) is 8.20. The Bertz CT molecular complexity index is 586. The molecule has 0 aromatic carbocycles. The molecule has 1 heterocycles. The third-order valence-electron chi connectivity index (χ3n) is 4.59. The number of furan rings is 1. The van der Waals surface area contributed by atoms with Crippen LogP contribution < -0.4 is 16.0 Å². The fraction of sp³-hybridized carbons (Fsp3) is 0.684. The summed E-state index contributed by atoms with van der Waals surface area (Å²) in [4.78, 5) is 16.3. The number of hydrogen-bond acceptors (Lipinski definition) is 4. The number of hydrogen-bond donors (Lipinski definition) is 3. The number of nitrogens with one attached hydrogen (secondary N) is 3. The van der Waals surface area contributed by atoms with E-state index in [4.69, 9.17) is 4.42 Å². The van der Waals surface area contributed by atoms with Gasteiger partial charge in [0.2, 0.25) is 0 Å². The molecule has 1 aliphatic rings. The highest BCUT2D eigenvalue weighted by Gasteiger charge is 2.22. The Morgan fingerprint density at radius 2 is 2.15 bits per heavy atom. The first-order chi connectivity index (χ1) is 12.6. The van der Waals surface area contributed by atoms with Crippen molar-refractivity contribution >= 4 is 23.6 Å². The SMILES string of the molecule is CCSC1CCCC(NC(=NC)NCCCNC(=O)c2occc2C)C1. The van der Waals surface area contributed by atoms with Gasteiger partial charge in [-0.1, -0.05) is 13.3 Å². The van der Waals surface area contributed by atoms with Crippen molar-refractivity contribution in [3.63, 3.8) is 0 Å². The maximum atomic E-state index is 12.0. The first kappa shape index (κ1) is 20.7. The summed E-state index contributed by atoms with van der Waals surface area (Å²) >= 11 is 2.07. The molecular formula is C19H32N4O2S. The third kappa shape index (κ3) is 6.59. The van der Waals surface area contributed by atoms with Crippen LogP contribution in [0.4, 0.5) is 0 Å². The molecule has 1 aromatic heterocycles. The van der Waals surface area contributed by atoms with Crippen molar-refractivity contribution in [2.24, 2.45) is 4.99 Å². The largest absolute Gasteiger partial charge is 0.459 e. The summed E-state index contributed by atoms with van der Waals surface area (Å²) in [5.41, 5.74) is 0.859. The smallest absolute Gasteiger partial charge is 0.287 e. The highest BCUT2D eigenvalue weighted by Crippen LogP contribution is 2.28. The molecule has 0 spiro atoms. The van der Waals surface area contributed by atoms with Crippen LogP contribution in [-0.4, -0.2) is 49.0 Å².